The maximum Gasteiger partial charge on any atom is 0.172 e. The fourth-order valence-electron chi connectivity index (χ4n) is 1.22. The summed E-state index contributed by atoms with van der Waals surface area (Å²) in [6.07, 6.45) is 0. The van der Waals surface area contributed by atoms with Crippen LogP contribution in [0.2, 0.25) is 0 Å². The molecule has 0 N–H and O–H groups in total. The van der Waals surface area contributed by atoms with E-state index in [4.69, 9.17) is 0 Å². The summed E-state index contributed by atoms with van der Waals surface area (Å²) in [4.78, 5) is 12.5. The first kappa shape index (κ1) is 9.51. The van der Waals surface area contributed by atoms with Gasteiger partial charge in [-0.2, -0.15) is 0 Å². The maximum absolute atomic E-state index is 11.0. The Morgan fingerprint density at radius 3 is 2.40 bits per heavy atom. The highest BCUT2D eigenvalue weighted by Gasteiger charge is 2.02. The largest absolute Gasteiger partial charge is 0.295 e. The highest BCUT2D eigenvalue weighted by atomic mass is 16.1. The molecule has 1 heterocycles. The summed E-state index contributed by atoms with van der Waals surface area (Å²) >= 11 is 0. The Kier molecular flexibility index (Phi) is 2.29. The molecule has 0 aliphatic heterocycles. The Morgan fingerprint density at radius 1 is 1.27 bits per heavy atom. The maximum atomic E-state index is 11.0. The third-order valence-corrected chi connectivity index (χ3v) is 2.02. The Labute approximate surface area is 86.7 Å². The van der Waals surface area contributed by atoms with Gasteiger partial charge in [-0.25, -0.2) is 0 Å². The molecule has 76 valence electrons. The molecule has 0 fully saturated rings. The van der Waals surface area contributed by atoms with Crippen molar-refractivity contribution in [2.45, 2.75) is 13.8 Å². The van der Waals surface area contributed by atoms with Crippen molar-refractivity contribution in [3.05, 3.63) is 35.7 Å². The molecule has 0 aliphatic rings. The van der Waals surface area contributed by atoms with E-state index >= 15 is 0 Å². The van der Waals surface area contributed by atoms with Crippen molar-refractivity contribution >= 4 is 5.78 Å². The number of rotatable bonds is 2. The van der Waals surface area contributed by atoms with Gasteiger partial charge in [0, 0.05) is 5.56 Å². The Hall–Kier alpha value is -2.04. The van der Waals surface area contributed by atoms with E-state index < -0.39 is 0 Å². The molecule has 5 heteroatoms. The molecule has 0 unspecified atom stereocenters. The van der Waals surface area contributed by atoms with Gasteiger partial charge in [-0.15, -0.1) is 15.0 Å². The lowest BCUT2D eigenvalue weighted by atomic mass is 10.1. The van der Waals surface area contributed by atoms with Gasteiger partial charge in [0.25, 0.3) is 0 Å². The number of Topliss-reactive ketones (excluding diaryl/α,β-unsaturated/α-hetero) is 1. The fraction of sp³-hybridized carbons (Fsp3) is 0.200. The molecule has 15 heavy (non-hydrogen) atoms. The molecule has 2 aromatic rings. The molecule has 0 amide bonds. The number of aromatic nitrogens is 4. The van der Waals surface area contributed by atoms with E-state index in [1.165, 1.54) is 11.7 Å². The number of benzene rings is 1. The molecular weight excluding hydrogens is 192 g/mol. The summed E-state index contributed by atoms with van der Waals surface area (Å²) in [5.41, 5.74) is 1.47. The Morgan fingerprint density at radius 2 is 1.93 bits per heavy atom. The summed E-state index contributed by atoms with van der Waals surface area (Å²) in [6.45, 7) is 3.31. The lowest BCUT2D eigenvalue weighted by molar-refractivity contribution is 0.101. The van der Waals surface area contributed by atoms with Crippen LogP contribution >= 0.6 is 0 Å². The van der Waals surface area contributed by atoms with Gasteiger partial charge >= 0.3 is 0 Å². The molecule has 0 spiro atoms. The van der Waals surface area contributed by atoms with Crippen LogP contribution in [0.3, 0.4) is 0 Å². The third-order valence-electron chi connectivity index (χ3n) is 2.02. The van der Waals surface area contributed by atoms with Crippen molar-refractivity contribution in [3.8, 4) is 5.69 Å². The molecule has 0 atom stereocenters. The summed E-state index contributed by atoms with van der Waals surface area (Å²) < 4.78 is 0. The van der Waals surface area contributed by atoms with E-state index in [0.29, 0.717) is 11.4 Å². The van der Waals surface area contributed by atoms with Crippen LogP contribution in [0, 0.1) is 6.92 Å². The average molecular weight is 202 g/mol. The number of aryl methyl sites for hydroxylation is 1. The van der Waals surface area contributed by atoms with Gasteiger partial charge in [0.05, 0.1) is 5.69 Å². The number of hydrogen-bond acceptors (Lipinski definition) is 4. The smallest absolute Gasteiger partial charge is 0.172 e. The molecule has 0 aliphatic carbocycles. The molecule has 0 saturated heterocycles. The van der Waals surface area contributed by atoms with E-state index in [0.717, 1.165) is 5.69 Å². The van der Waals surface area contributed by atoms with Crippen LogP contribution in [-0.2, 0) is 0 Å². The van der Waals surface area contributed by atoms with Crippen molar-refractivity contribution < 1.29 is 4.79 Å². The van der Waals surface area contributed by atoms with Crippen LogP contribution in [0.15, 0.2) is 24.3 Å². The van der Waals surface area contributed by atoms with E-state index in [-0.39, 0.29) is 5.78 Å². The molecule has 1 aromatic heterocycles. The Balaban J connectivity index is 2.35. The number of carbonyl (C=O) groups excluding carboxylic acids is 1. The van der Waals surface area contributed by atoms with Crippen molar-refractivity contribution in [2.24, 2.45) is 0 Å². The number of tetrazole rings is 1. The SMILES string of the molecule is CC(=O)c1ccc(-n2nnc(C)n2)cc1. The number of hydrogen-bond donors (Lipinski definition) is 0. The molecular formula is C10H10N4O. The minimum atomic E-state index is 0.0456. The summed E-state index contributed by atoms with van der Waals surface area (Å²) in [5.74, 6) is 0.662. The third kappa shape index (κ3) is 1.90. The summed E-state index contributed by atoms with van der Waals surface area (Å²) in [5, 5.41) is 11.7. The van der Waals surface area contributed by atoms with Crippen LogP contribution in [-0.4, -0.2) is 26.0 Å². The van der Waals surface area contributed by atoms with Crippen LogP contribution < -0.4 is 0 Å². The molecule has 5 nitrogen and oxygen atoms in total. The van der Waals surface area contributed by atoms with Gasteiger partial charge in [0.15, 0.2) is 11.6 Å². The topological polar surface area (TPSA) is 60.7 Å². The highest BCUT2D eigenvalue weighted by Crippen LogP contribution is 2.07. The number of nitrogens with zero attached hydrogens (tertiary/aromatic N) is 4. The van der Waals surface area contributed by atoms with Crippen molar-refractivity contribution in [3.63, 3.8) is 0 Å². The minimum absolute atomic E-state index is 0.0456. The monoisotopic (exact) mass is 202 g/mol. The second-order valence-electron chi connectivity index (χ2n) is 3.23. The first-order chi connectivity index (χ1) is 7.16. The van der Waals surface area contributed by atoms with E-state index in [1.54, 1.807) is 31.2 Å². The minimum Gasteiger partial charge on any atom is -0.295 e. The second kappa shape index (κ2) is 3.61. The standard InChI is InChI=1S/C10H10N4O/c1-7(15)9-3-5-10(6-4-9)14-12-8(2)11-13-14/h3-6H,1-2H3. The quantitative estimate of drug-likeness (QED) is 0.686. The van der Waals surface area contributed by atoms with Crippen LogP contribution in [0.5, 0.6) is 0 Å². The van der Waals surface area contributed by atoms with Gasteiger partial charge in [0.2, 0.25) is 0 Å². The van der Waals surface area contributed by atoms with Gasteiger partial charge in [-0.1, -0.05) is 0 Å². The van der Waals surface area contributed by atoms with E-state index in [9.17, 15) is 4.79 Å². The first-order valence-electron chi connectivity index (χ1n) is 4.55. The van der Waals surface area contributed by atoms with Gasteiger partial charge in [-0.05, 0) is 43.3 Å². The van der Waals surface area contributed by atoms with Gasteiger partial charge < -0.3 is 0 Å². The Bertz CT molecular complexity index is 486. The number of carbonyl (C=O) groups is 1. The molecule has 1 aromatic carbocycles. The molecule has 0 radical (unpaired) electrons. The van der Waals surface area contributed by atoms with E-state index in [2.05, 4.69) is 15.4 Å². The normalized spacial score (nSPS) is 10.3. The summed E-state index contributed by atoms with van der Waals surface area (Å²) in [6, 6.07) is 7.07. The molecule has 0 bridgehead atoms. The lowest BCUT2D eigenvalue weighted by Crippen LogP contribution is -2.00. The zero-order valence-corrected chi connectivity index (χ0v) is 8.51. The van der Waals surface area contributed by atoms with Crippen LogP contribution in [0.4, 0.5) is 0 Å². The second-order valence-corrected chi connectivity index (χ2v) is 3.23. The van der Waals surface area contributed by atoms with Crippen LogP contribution in [0.1, 0.15) is 23.1 Å². The van der Waals surface area contributed by atoms with Gasteiger partial charge in [-0.3, -0.25) is 4.79 Å². The van der Waals surface area contributed by atoms with Crippen molar-refractivity contribution in [2.75, 3.05) is 0 Å². The predicted molar refractivity (Wildman–Crippen MR) is 53.9 cm³/mol. The fourth-order valence-corrected chi connectivity index (χ4v) is 1.22. The van der Waals surface area contributed by atoms with Crippen molar-refractivity contribution in [1.82, 2.24) is 20.2 Å². The molecule has 0 saturated carbocycles. The highest BCUT2D eigenvalue weighted by molar-refractivity contribution is 5.94. The molecule has 2 rings (SSSR count). The van der Waals surface area contributed by atoms with Crippen LogP contribution in [0.25, 0.3) is 5.69 Å². The first-order valence-corrected chi connectivity index (χ1v) is 4.55. The predicted octanol–water partition coefficient (Wildman–Crippen LogP) is 1.17. The number of ketones is 1. The lowest BCUT2D eigenvalue weighted by Gasteiger charge is -1.99. The van der Waals surface area contributed by atoms with E-state index in [1.807, 2.05) is 0 Å². The summed E-state index contributed by atoms with van der Waals surface area (Å²) in [7, 11) is 0. The van der Waals surface area contributed by atoms with Gasteiger partial charge in [0.1, 0.15) is 0 Å². The van der Waals surface area contributed by atoms with Crippen molar-refractivity contribution in [1.29, 1.82) is 0 Å². The average Bonchev–Trinajstić information content (AvgIpc) is 2.65. The zero-order chi connectivity index (χ0) is 10.8. The zero-order valence-electron chi connectivity index (χ0n) is 8.51.